The SMILES string of the molecule is [NH]C(=O)C1CC(N)CN1. The molecule has 1 aliphatic heterocycles. The van der Waals surface area contributed by atoms with Gasteiger partial charge in [-0.2, -0.15) is 0 Å². The third-order valence-electron chi connectivity index (χ3n) is 1.48. The maximum absolute atomic E-state index is 10.3. The maximum atomic E-state index is 10.3. The first kappa shape index (κ1) is 6.51. The monoisotopic (exact) mass is 128 g/mol. The Hall–Kier alpha value is -0.610. The van der Waals surface area contributed by atoms with Crippen molar-refractivity contribution in [3.05, 3.63) is 0 Å². The highest BCUT2D eigenvalue weighted by atomic mass is 16.1. The van der Waals surface area contributed by atoms with Gasteiger partial charge in [-0.3, -0.25) is 10.5 Å². The molecular weight excluding hydrogens is 118 g/mol. The predicted molar refractivity (Wildman–Crippen MR) is 32.5 cm³/mol. The molecule has 0 bridgehead atoms. The molecule has 4 nitrogen and oxygen atoms in total. The summed E-state index contributed by atoms with van der Waals surface area (Å²) in [5.41, 5.74) is 12.2. The molecule has 0 aromatic rings. The number of hydrogen-bond donors (Lipinski definition) is 2. The van der Waals surface area contributed by atoms with Crippen molar-refractivity contribution >= 4 is 5.91 Å². The summed E-state index contributed by atoms with van der Waals surface area (Å²) >= 11 is 0. The molecule has 0 aromatic heterocycles. The molecule has 1 fully saturated rings. The Morgan fingerprint density at radius 3 is 2.67 bits per heavy atom. The van der Waals surface area contributed by atoms with E-state index in [0.29, 0.717) is 13.0 Å². The maximum Gasteiger partial charge on any atom is 0.255 e. The van der Waals surface area contributed by atoms with Crippen LogP contribution in [-0.2, 0) is 4.79 Å². The minimum absolute atomic E-state index is 0.0595. The first-order chi connectivity index (χ1) is 4.20. The van der Waals surface area contributed by atoms with Crippen LogP contribution in [0.25, 0.3) is 0 Å². The molecule has 9 heavy (non-hydrogen) atoms. The quantitative estimate of drug-likeness (QED) is 0.450. The van der Waals surface area contributed by atoms with E-state index in [1.54, 1.807) is 0 Å². The van der Waals surface area contributed by atoms with E-state index in [-0.39, 0.29) is 12.1 Å². The molecule has 1 rings (SSSR count). The van der Waals surface area contributed by atoms with Crippen molar-refractivity contribution in [2.75, 3.05) is 6.54 Å². The van der Waals surface area contributed by atoms with Crippen LogP contribution < -0.4 is 16.8 Å². The van der Waals surface area contributed by atoms with Crippen molar-refractivity contribution < 1.29 is 4.79 Å². The third-order valence-corrected chi connectivity index (χ3v) is 1.48. The Bertz CT molecular complexity index is 125. The number of nitrogens with one attached hydrogen (secondary N) is 2. The largest absolute Gasteiger partial charge is 0.326 e. The lowest BCUT2D eigenvalue weighted by Gasteiger charge is -2.00. The van der Waals surface area contributed by atoms with E-state index in [4.69, 9.17) is 11.5 Å². The summed E-state index contributed by atoms with van der Waals surface area (Å²) in [6, 6.07) is -0.246. The Labute approximate surface area is 53.6 Å². The standard InChI is InChI=1S/C5H10N3O/c6-3-1-4(5(7)9)8-2-3/h3-4,7-8H,1-2,6H2. The van der Waals surface area contributed by atoms with Crippen LogP contribution >= 0.6 is 0 Å². The van der Waals surface area contributed by atoms with Gasteiger partial charge in [-0.25, -0.2) is 0 Å². The average molecular weight is 128 g/mol. The number of nitrogens with two attached hydrogens (primary N) is 1. The topological polar surface area (TPSA) is 78.9 Å². The van der Waals surface area contributed by atoms with Gasteiger partial charge in [0.1, 0.15) is 0 Å². The van der Waals surface area contributed by atoms with E-state index in [1.165, 1.54) is 0 Å². The second-order valence-electron chi connectivity index (χ2n) is 2.32. The third kappa shape index (κ3) is 1.40. The molecule has 0 aromatic carbocycles. The molecule has 1 radical (unpaired) electrons. The van der Waals surface area contributed by atoms with Crippen LogP contribution in [0.1, 0.15) is 6.42 Å². The minimum Gasteiger partial charge on any atom is -0.326 e. The van der Waals surface area contributed by atoms with Gasteiger partial charge < -0.3 is 11.1 Å². The smallest absolute Gasteiger partial charge is 0.255 e. The van der Waals surface area contributed by atoms with Crippen LogP contribution in [0.4, 0.5) is 0 Å². The Balaban J connectivity index is 2.39. The summed E-state index contributed by atoms with van der Waals surface area (Å²) in [5, 5.41) is 2.84. The summed E-state index contributed by atoms with van der Waals surface area (Å²) in [6.07, 6.45) is 0.613. The van der Waals surface area contributed by atoms with Crippen molar-refractivity contribution in [2.45, 2.75) is 18.5 Å². The van der Waals surface area contributed by atoms with Crippen LogP contribution in [0, 0.1) is 0 Å². The molecule has 0 aliphatic carbocycles. The van der Waals surface area contributed by atoms with Gasteiger partial charge in [0.15, 0.2) is 0 Å². The molecule has 1 saturated heterocycles. The summed E-state index contributed by atoms with van der Waals surface area (Å²) in [6.45, 7) is 0.662. The number of carbonyl (C=O) groups excluding carboxylic acids is 1. The van der Waals surface area contributed by atoms with E-state index in [2.05, 4.69) is 5.32 Å². The van der Waals surface area contributed by atoms with Crippen molar-refractivity contribution in [1.82, 2.24) is 11.1 Å². The lowest BCUT2D eigenvalue weighted by Crippen LogP contribution is -2.31. The minimum atomic E-state index is -0.553. The molecule has 1 amide bonds. The van der Waals surface area contributed by atoms with E-state index >= 15 is 0 Å². The van der Waals surface area contributed by atoms with Crippen LogP contribution in [0.3, 0.4) is 0 Å². The van der Waals surface area contributed by atoms with Crippen LogP contribution in [0.2, 0.25) is 0 Å². The van der Waals surface area contributed by atoms with Crippen molar-refractivity contribution in [2.24, 2.45) is 5.73 Å². The highest BCUT2D eigenvalue weighted by molar-refractivity contribution is 5.79. The Morgan fingerprint density at radius 1 is 1.78 bits per heavy atom. The fourth-order valence-electron chi connectivity index (χ4n) is 0.963. The number of hydrogen-bond acceptors (Lipinski definition) is 3. The van der Waals surface area contributed by atoms with Crippen LogP contribution in [0.5, 0.6) is 0 Å². The molecule has 51 valence electrons. The fraction of sp³-hybridized carbons (Fsp3) is 0.800. The molecule has 4 N–H and O–H groups in total. The van der Waals surface area contributed by atoms with Gasteiger partial charge >= 0.3 is 0 Å². The number of carbonyl (C=O) groups is 1. The second kappa shape index (κ2) is 2.33. The zero-order valence-electron chi connectivity index (χ0n) is 5.05. The lowest BCUT2D eigenvalue weighted by molar-refractivity contribution is -0.120. The van der Waals surface area contributed by atoms with Crippen molar-refractivity contribution in [3.8, 4) is 0 Å². The zero-order chi connectivity index (χ0) is 6.85. The fourth-order valence-corrected chi connectivity index (χ4v) is 0.963. The molecule has 2 atom stereocenters. The summed E-state index contributed by atoms with van der Waals surface area (Å²) in [7, 11) is 0. The normalized spacial score (nSPS) is 34.8. The van der Waals surface area contributed by atoms with Crippen LogP contribution in [-0.4, -0.2) is 24.5 Å². The summed E-state index contributed by atoms with van der Waals surface area (Å²) < 4.78 is 0. The summed E-state index contributed by atoms with van der Waals surface area (Å²) in [5.74, 6) is -0.553. The lowest BCUT2D eigenvalue weighted by atomic mass is 10.2. The second-order valence-corrected chi connectivity index (χ2v) is 2.32. The molecule has 1 aliphatic rings. The highest BCUT2D eigenvalue weighted by Gasteiger charge is 2.25. The van der Waals surface area contributed by atoms with E-state index in [1.807, 2.05) is 0 Å². The van der Waals surface area contributed by atoms with Gasteiger partial charge in [0.2, 0.25) is 0 Å². The first-order valence-corrected chi connectivity index (χ1v) is 2.94. The van der Waals surface area contributed by atoms with Gasteiger partial charge in [0.05, 0.1) is 6.04 Å². The zero-order valence-corrected chi connectivity index (χ0v) is 5.05. The molecule has 0 spiro atoms. The average Bonchev–Trinajstić information content (AvgIpc) is 2.14. The van der Waals surface area contributed by atoms with Crippen LogP contribution in [0.15, 0.2) is 0 Å². The van der Waals surface area contributed by atoms with Gasteiger partial charge in [0, 0.05) is 12.6 Å². The van der Waals surface area contributed by atoms with Gasteiger partial charge in [-0.1, -0.05) is 0 Å². The molecule has 2 unspecified atom stereocenters. The van der Waals surface area contributed by atoms with Crippen molar-refractivity contribution in [1.29, 1.82) is 0 Å². The molecule has 0 saturated carbocycles. The number of amides is 1. The van der Waals surface area contributed by atoms with Gasteiger partial charge in [0.25, 0.3) is 5.91 Å². The summed E-state index contributed by atoms with van der Waals surface area (Å²) in [4.78, 5) is 10.3. The number of rotatable bonds is 1. The predicted octanol–water partition coefficient (Wildman–Crippen LogP) is -1.51. The Kier molecular flexibility index (Phi) is 1.68. The molecule has 1 heterocycles. The molecular formula is C5H10N3O. The highest BCUT2D eigenvalue weighted by Crippen LogP contribution is 2.02. The molecule has 4 heteroatoms. The van der Waals surface area contributed by atoms with E-state index < -0.39 is 5.91 Å². The van der Waals surface area contributed by atoms with Crippen molar-refractivity contribution in [3.63, 3.8) is 0 Å². The first-order valence-electron chi connectivity index (χ1n) is 2.94. The van der Waals surface area contributed by atoms with E-state index in [0.717, 1.165) is 0 Å². The van der Waals surface area contributed by atoms with Gasteiger partial charge in [-0.05, 0) is 6.42 Å². The van der Waals surface area contributed by atoms with Gasteiger partial charge in [-0.15, -0.1) is 0 Å². The Morgan fingerprint density at radius 2 is 2.44 bits per heavy atom. The van der Waals surface area contributed by atoms with E-state index in [9.17, 15) is 4.79 Å².